The van der Waals surface area contributed by atoms with Crippen LogP contribution < -0.4 is 4.74 Å². The number of aromatic nitrogens is 2. The first kappa shape index (κ1) is 16.3. The van der Waals surface area contributed by atoms with Crippen molar-refractivity contribution in [3.05, 3.63) is 44.6 Å². The molecule has 1 N–H and O–H groups in total. The lowest BCUT2D eigenvalue weighted by molar-refractivity contribution is 0.189. The number of nitrogens with zero attached hydrogens (tertiary/aromatic N) is 2. The van der Waals surface area contributed by atoms with E-state index in [-0.39, 0.29) is 0 Å². The van der Waals surface area contributed by atoms with E-state index >= 15 is 0 Å². The normalized spacial score (nSPS) is 12.5. The second-order valence-corrected chi connectivity index (χ2v) is 6.10. The van der Waals surface area contributed by atoms with Crippen molar-refractivity contribution in [2.75, 3.05) is 0 Å². The fraction of sp³-hybridized carbons (Fsp3) is 0.400. The van der Waals surface area contributed by atoms with Gasteiger partial charge in [0.2, 0.25) is 0 Å². The number of aryl methyl sites for hydroxylation is 2. The minimum Gasteiger partial charge on any atom is -0.487 e. The first-order chi connectivity index (χ1) is 9.93. The highest BCUT2D eigenvalue weighted by atomic mass is 79.9. The second kappa shape index (κ2) is 6.81. The van der Waals surface area contributed by atoms with E-state index in [0.717, 1.165) is 28.0 Å². The van der Waals surface area contributed by atoms with Gasteiger partial charge in [-0.3, -0.25) is 4.68 Å². The molecule has 0 aliphatic carbocycles. The molecule has 2 rings (SSSR count). The highest BCUT2D eigenvalue weighted by Crippen LogP contribution is 2.30. The van der Waals surface area contributed by atoms with E-state index in [2.05, 4.69) is 21.0 Å². The fourth-order valence-electron chi connectivity index (χ4n) is 2.13. The average Bonchev–Trinajstić information content (AvgIpc) is 2.72. The van der Waals surface area contributed by atoms with E-state index in [1.807, 2.05) is 36.7 Å². The third kappa shape index (κ3) is 3.59. The van der Waals surface area contributed by atoms with Crippen molar-refractivity contribution in [1.82, 2.24) is 9.78 Å². The number of rotatable bonds is 5. The molecule has 1 heterocycles. The van der Waals surface area contributed by atoms with Gasteiger partial charge in [-0.25, -0.2) is 0 Å². The number of halogens is 2. The predicted octanol–water partition coefficient (Wildman–Crippen LogP) is 4.26. The summed E-state index contributed by atoms with van der Waals surface area (Å²) in [7, 11) is 0. The smallest absolute Gasteiger partial charge is 0.131 e. The van der Waals surface area contributed by atoms with Crippen molar-refractivity contribution < 1.29 is 9.84 Å². The van der Waals surface area contributed by atoms with Gasteiger partial charge >= 0.3 is 0 Å². The fourth-order valence-corrected chi connectivity index (χ4v) is 2.70. The minimum absolute atomic E-state index is 0.314. The van der Waals surface area contributed by atoms with E-state index in [9.17, 15) is 5.11 Å². The van der Waals surface area contributed by atoms with E-state index in [1.165, 1.54) is 0 Å². The summed E-state index contributed by atoms with van der Waals surface area (Å²) in [6.45, 7) is 6.64. The molecule has 0 bridgehead atoms. The topological polar surface area (TPSA) is 47.3 Å². The molecule has 0 unspecified atom stereocenters. The molecule has 21 heavy (non-hydrogen) atoms. The zero-order valence-corrected chi connectivity index (χ0v) is 14.6. The molecule has 1 aromatic carbocycles. The van der Waals surface area contributed by atoms with Crippen LogP contribution in [0.4, 0.5) is 0 Å². The highest BCUT2D eigenvalue weighted by molar-refractivity contribution is 9.10. The molecule has 6 heteroatoms. The van der Waals surface area contributed by atoms with Crippen molar-refractivity contribution >= 4 is 27.5 Å². The number of benzene rings is 1. The van der Waals surface area contributed by atoms with Crippen molar-refractivity contribution in [1.29, 1.82) is 0 Å². The second-order valence-electron chi connectivity index (χ2n) is 4.81. The van der Waals surface area contributed by atoms with Crippen LogP contribution in [0.15, 0.2) is 22.7 Å². The molecule has 0 saturated heterocycles. The maximum Gasteiger partial charge on any atom is 0.131 e. The summed E-state index contributed by atoms with van der Waals surface area (Å²) < 4.78 is 8.58. The lowest BCUT2D eigenvalue weighted by atomic mass is 10.1. The first-order valence-electron chi connectivity index (χ1n) is 6.76. The van der Waals surface area contributed by atoms with Gasteiger partial charge in [0.15, 0.2) is 0 Å². The molecular formula is C15H18BrClN2O2. The van der Waals surface area contributed by atoms with Gasteiger partial charge in [-0.2, -0.15) is 5.10 Å². The Labute approximate surface area is 137 Å². The maximum atomic E-state index is 9.84. The molecular weight excluding hydrogens is 356 g/mol. The van der Waals surface area contributed by atoms with Gasteiger partial charge in [-0.05, 0) is 39.0 Å². The summed E-state index contributed by atoms with van der Waals surface area (Å²) in [6.07, 6.45) is -0.606. The van der Waals surface area contributed by atoms with Crippen LogP contribution in [0.3, 0.4) is 0 Å². The summed E-state index contributed by atoms with van der Waals surface area (Å²) in [4.78, 5) is 0. The Hall–Kier alpha value is -1.04. The maximum absolute atomic E-state index is 9.84. The van der Waals surface area contributed by atoms with Gasteiger partial charge < -0.3 is 9.84 Å². The first-order valence-corrected chi connectivity index (χ1v) is 7.93. The SMILES string of the molecule is CCn1nc(C)c(Cl)c1COc1ccc(Br)cc1[C@H](C)O. The molecule has 0 amide bonds. The predicted molar refractivity (Wildman–Crippen MR) is 86.8 cm³/mol. The van der Waals surface area contributed by atoms with Crippen molar-refractivity contribution in [2.45, 2.75) is 40.0 Å². The van der Waals surface area contributed by atoms with Gasteiger partial charge in [-0.1, -0.05) is 27.5 Å². The van der Waals surface area contributed by atoms with Gasteiger partial charge in [0.1, 0.15) is 12.4 Å². The summed E-state index contributed by atoms with van der Waals surface area (Å²) >= 11 is 9.66. The molecule has 0 fully saturated rings. The Morgan fingerprint density at radius 1 is 1.48 bits per heavy atom. The van der Waals surface area contributed by atoms with Crippen LogP contribution in [0, 0.1) is 6.92 Å². The van der Waals surface area contributed by atoms with Gasteiger partial charge in [0, 0.05) is 16.6 Å². The molecule has 1 atom stereocenters. The lowest BCUT2D eigenvalue weighted by Gasteiger charge is -2.14. The summed E-state index contributed by atoms with van der Waals surface area (Å²) in [5.41, 5.74) is 2.37. The monoisotopic (exact) mass is 372 g/mol. The van der Waals surface area contributed by atoms with Gasteiger partial charge in [0.25, 0.3) is 0 Å². The van der Waals surface area contributed by atoms with Crippen LogP contribution in [-0.2, 0) is 13.2 Å². The average molecular weight is 374 g/mol. The van der Waals surface area contributed by atoms with Crippen molar-refractivity contribution in [2.24, 2.45) is 0 Å². The number of aliphatic hydroxyl groups is 1. The van der Waals surface area contributed by atoms with Crippen LogP contribution in [-0.4, -0.2) is 14.9 Å². The Morgan fingerprint density at radius 2 is 2.19 bits per heavy atom. The Bertz CT molecular complexity index is 641. The number of aliphatic hydroxyl groups excluding tert-OH is 1. The standard InChI is InChI=1S/C15H18BrClN2O2/c1-4-19-13(15(17)9(2)18-19)8-21-14-6-5-11(16)7-12(14)10(3)20/h5-7,10,20H,4,8H2,1-3H3/t10-/m0/s1. The molecule has 1 aromatic heterocycles. The van der Waals surface area contributed by atoms with Crippen LogP contribution in [0.2, 0.25) is 5.02 Å². The van der Waals surface area contributed by atoms with E-state index < -0.39 is 6.10 Å². The van der Waals surface area contributed by atoms with Crippen molar-refractivity contribution in [3.63, 3.8) is 0 Å². The molecule has 0 aliphatic heterocycles. The summed E-state index contributed by atoms with van der Waals surface area (Å²) in [5.74, 6) is 0.644. The zero-order valence-electron chi connectivity index (χ0n) is 12.2. The van der Waals surface area contributed by atoms with Crippen LogP contribution >= 0.6 is 27.5 Å². The lowest BCUT2D eigenvalue weighted by Crippen LogP contribution is -2.08. The Kier molecular flexibility index (Phi) is 5.30. The Balaban J connectivity index is 2.25. The van der Waals surface area contributed by atoms with Crippen LogP contribution in [0.25, 0.3) is 0 Å². The Morgan fingerprint density at radius 3 is 2.81 bits per heavy atom. The quantitative estimate of drug-likeness (QED) is 0.852. The molecule has 2 aromatic rings. The van der Waals surface area contributed by atoms with E-state index in [1.54, 1.807) is 6.92 Å². The molecule has 4 nitrogen and oxygen atoms in total. The molecule has 0 aliphatic rings. The van der Waals surface area contributed by atoms with Gasteiger partial charge in [0.05, 0.1) is 22.5 Å². The minimum atomic E-state index is -0.606. The van der Waals surface area contributed by atoms with E-state index in [4.69, 9.17) is 16.3 Å². The number of ether oxygens (including phenoxy) is 1. The molecule has 0 saturated carbocycles. The highest BCUT2D eigenvalue weighted by Gasteiger charge is 2.15. The van der Waals surface area contributed by atoms with Crippen molar-refractivity contribution in [3.8, 4) is 5.75 Å². The molecule has 114 valence electrons. The van der Waals surface area contributed by atoms with Crippen LogP contribution in [0.5, 0.6) is 5.75 Å². The number of hydrogen-bond acceptors (Lipinski definition) is 3. The van der Waals surface area contributed by atoms with Crippen LogP contribution in [0.1, 0.15) is 36.9 Å². The third-order valence-corrected chi connectivity index (χ3v) is 4.22. The third-order valence-electron chi connectivity index (χ3n) is 3.24. The largest absolute Gasteiger partial charge is 0.487 e. The number of hydrogen-bond donors (Lipinski definition) is 1. The van der Waals surface area contributed by atoms with Gasteiger partial charge in [-0.15, -0.1) is 0 Å². The summed E-state index contributed by atoms with van der Waals surface area (Å²) in [5, 5.41) is 14.8. The van der Waals surface area contributed by atoms with E-state index in [0.29, 0.717) is 17.4 Å². The zero-order chi connectivity index (χ0) is 15.6. The molecule has 0 spiro atoms. The summed E-state index contributed by atoms with van der Waals surface area (Å²) in [6, 6.07) is 5.56. The molecule has 0 radical (unpaired) electrons.